The monoisotopic (exact) mass is 344 g/mol. The minimum atomic E-state index is -3.01. The normalized spacial score (nSPS) is 19.8. The van der Waals surface area contributed by atoms with Gasteiger partial charge in [0, 0.05) is 0 Å². The van der Waals surface area contributed by atoms with E-state index < -0.39 is 9.84 Å². The molecule has 1 aliphatic heterocycles. The first-order valence-electron chi connectivity index (χ1n) is 7.71. The first-order valence-corrected chi connectivity index (χ1v) is 9.53. The molecule has 2 aromatic heterocycles. The molecule has 1 unspecified atom stereocenters. The molecule has 8 heteroatoms. The van der Waals surface area contributed by atoms with Crippen molar-refractivity contribution in [1.29, 1.82) is 0 Å². The van der Waals surface area contributed by atoms with E-state index in [1.165, 1.54) is 6.20 Å². The number of fused-ring (bicyclic) bond motifs is 1. The van der Waals surface area contributed by atoms with Crippen LogP contribution in [0.25, 0.3) is 11.0 Å². The minimum Gasteiger partial charge on any atom is -0.284 e. The van der Waals surface area contributed by atoms with E-state index in [1.807, 2.05) is 30.3 Å². The van der Waals surface area contributed by atoms with Crippen LogP contribution in [0, 0.1) is 0 Å². The molecule has 7 nitrogen and oxygen atoms in total. The second kappa shape index (κ2) is 5.55. The summed E-state index contributed by atoms with van der Waals surface area (Å²) < 4.78 is 26.7. The first kappa shape index (κ1) is 15.1. The molecule has 0 saturated carbocycles. The number of rotatable bonds is 3. The van der Waals surface area contributed by atoms with Crippen molar-refractivity contribution in [3.05, 3.63) is 58.8 Å². The van der Waals surface area contributed by atoms with E-state index >= 15 is 0 Å². The standard InChI is InChI=1S/C16H16N4O3S/c21-16-17-8-15-14(19(16)10-12-4-2-1-3-5-12)9-18-20(15)13-6-7-24(22,23)11-13/h1-5,8-9,13H,6-7,10-11H2. The molecule has 1 fully saturated rings. The molecule has 3 heterocycles. The SMILES string of the molecule is O=c1ncc2c(cnn2C2CCS(=O)(=O)C2)n1Cc1ccccc1. The molecule has 0 bridgehead atoms. The molecule has 1 saturated heterocycles. The number of aromatic nitrogens is 4. The van der Waals surface area contributed by atoms with E-state index in [1.54, 1.807) is 15.4 Å². The predicted octanol–water partition coefficient (Wildman–Crippen LogP) is 1.00. The molecule has 4 rings (SSSR count). The van der Waals surface area contributed by atoms with Crippen LogP contribution in [0.3, 0.4) is 0 Å². The Balaban J connectivity index is 1.79. The van der Waals surface area contributed by atoms with Crippen LogP contribution >= 0.6 is 0 Å². The van der Waals surface area contributed by atoms with Crippen LogP contribution in [0.5, 0.6) is 0 Å². The molecule has 0 radical (unpaired) electrons. The van der Waals surface area contributed by atoms with Crippen molar-refractivity contribution in [3.63, 3.8) is 0 Å². The van der Waals surface area contributed by atoms with Crippen molar-refractivity contribution in [1.82, 2.24) is 19.3 Å². The van der Waals surface area contributed by atoms with E-state index in [-0.39, 0.29) is 23.2 Å². The van der Waals surface area contributed by atoms with Gasteiger partial charge in [0.2, 0.25) is 0 Å². The third-order valence-electron chi connectivity index (χ3n) is 4.37. The summed E-state index contributed by atoms with van der Waals surface area (Å²) in [6, 6.07) is 9.45. The molecule has 1 aliphatic rings. The summed E-state index contributed by atoms with van der Waals surface area (Å²) in [4.78, 5) is 16.1. The van der Waals surface area contributed by atoms with Gasteiger partial charge in [-0.3, -0.25) is 9.25 Å². The number of hydrogen-bond donors (Lipinski definition) is 0. The van der Waals surface area contributed by atoms with Gasteiger partial charge in [-0.2, -0.15) is 10.1 Å². The van der Waals surface area contributed by atoms with Crippen LogP contribution in [0.4, 0.5) is 0 Å². The Morgan fingerprint density at radius 3 is 2.62 bits per heavy atom. The largest absolute Gasteiger partial charge is 0.348 e. The van der Waals surface area contributed by atoms with Crippen molar-refractivity contribution < 1.29 is 8.42 Å². The second-order valence-corrected chi connectivity index (χ2v) is 8.26. The molecule has 3 aromatic rings. The second-order valence-electron chi connectivity index (χ2n) is 6.03. The summed E-state index contributed by atoms with van der Waals surface area (Å²) in [6.45, 7) is 0.401. The fraction of sp³-hybridized carbons (Fsp3) is 0.312. The lowest BCUT2D eigenvalue weighted by Crippen LogP contribution is -2.23. The molecule has 0 N–H and O–H groups in total. The molecule has 0 amide bonds. The average molecular weight is 344 g/mol. The van der Waals surface area contributed by atoms with Gasteiger partial charge in [-0.15, -0.1) is 0 Å². The van der Waals surface area contributed by atoms with Gasteiger partial charge >= 0.3 is 5.69 Å². The van der Waals surface area contributed by atoms with Gasteiger partial charge in [-0.05, 0) is 12.0 Å². The fourth-order valence-corrected chi connectivity index (χ4v) is 4.85. The predicted molar refractivity (Wildman–Crippen MR) is 89.6 cm³/mol. The van der Waals surface area contributed by atoms with Gasteiger partial charge < -0.3 is 0 Å². The summed E-state index contributed by atoms with van der Waals surface area (Å²) in [5.41, 5.74) is 2.01. The molecule has 124 valence electrons. The zero-order valence-corrected chi connectivity index (χ0v) is 13.7. The molecule has 1 atom stereocenters. The van der Waals surface area contributed by atoms with Crippen LogP contribution in [0.1, 0.15) is 18.0 Å². The molecular weight excluding hydrogens is 328 g/mol. The Morgan fingerprint density at radius 1 is 1.12 bits per heavy atom. The van der Waals surface area contributed by atoms with Gasteiger partial charge in [0.05, 0.1) is 42.0 Å². The summed E-state index contributed by atoms with van der Waals surface area (Å²) in [5, 5.41) is 4.34. The maximum atomic E-state index is 12.2. The molecule has 0 aliphatic carbocycles. The zero-order valence-electron chi connectivity index (χ0n) is 12.9. The smallest absolute Gasteiger partial charge is 0.284 e. The molecule has 24 heavy (non-hydrogen) atoms. The molecule has 0 spiro atoms. The minimum absolute atomic E-state index is 0.0849. The highest BCUT2D eigenvalue weighted by Crippen LogP contribution is 2.26. The van der Waals surface area contributed by atoms with Crippen LogP contribution < -0.4 is 5.69 Å². The average Bonchev–Trinajstić information content (AvgIpc) is 3.14. The van der Waals surface area contributed by atoms with E-state index in [0.717, 1.165) is 5.56 Å². The van der Waals surface area contributed by atoms with Crippen LogP contribution in [-0.4, -0.2) is 39.3 Å². The lowest BCUT2D eigenvalue weighted by Gasteiger charge is -2.11. The van der Waals surface area contributed by atoms with Gasteiger partial charge in [0.1, 0.15) is 5.52 Å². The van der Waals surface area contributed by atoms with Crippen LogP contribution in [-0.2, 0) is 16.4 Å². The highest BCUT2D eigenvalue weighted by atomic mass is 32.2. The van der Waals surface area contributed by atoms with Crippen LogP contribution in [0.15, 0.2) is 47.5 Å². The highest BCUT2D eigenvalue weighted by Gasteiger charge is 2.30. The number of nitrogens with zero attached hydrogens (tertiary/aromatic N) is 4. The van der Waals surface area contributed by atoms with E-state index in [2.05, 4.69) is 10.1 Å². The topological polar surface area (TPSA) is 86.8 Å². The highest BCUT2D eigenvalue weighted by molar-refractivity contribution is 7.91. The van der Waals surface area contributed by atoms with Crippen molar-refractivity contribution in [2.24, 2.45) is 0 Å². The third-order valence-corrected chi connectivity index (χ3v) is 6.12. The van der Waals surface area contributed by atoms with E-state index in [0.29, 0.717) is 24.0 Å². The van der Waals surface area contributed by atoms with Gasteiger partial charge in [-0.25, -0.2) is 13.2 Å². The van der Waals surface area contributed by atoms with Crippen molar-refractivity contribution >= 4 is 20.9 Å². The maximum Gasteiger partial charge on any atom is 0.348 e. The summed E-state index contributed by atoms with van der Waals surface area (Å²) in [6.07, 6.45) is 3.64. The Hall–Kier alpha value is -2.48. The van der Waals surface area contributed by atoms with Gasteiger partial charge in [0.15, 0.2) is 9.84 Å². The molecular formula is C16H16N4O3S. The number of sulfone groups is 1. The lowest BCUT2D eigenvalue weighted by molar-refractivity contribution is 0.515. The van der Waals surface area contributed by atoms with E-state index in [9.17, 15) is 13.2 Å². The quantitative estimate of drug-likeness (QED) is 0.707. The Labute approximate surface area is 138 Å². The first-order chi connectivity index (χ1) is 11.5. The number of benzene rings is 1. The Bertz CT molecular complexity index is 1050. The van der Waals surface area contributed by atoms with Gasteiger partial charge in [-0.1, -0.05) is 30.3 Å². The van der Waals surface area contributed by atoms with E-state index in [4.69, 9.17) is 0 Å². The Kier molecular flexibility index (Phi) is 3.49. The van der Waals surface area contributed by atoms with Crippen LogP contribution in [0.2, 0.25) is 0 Å². The summed E-state index contributed by atoms with van der Waals surface area (Å²) in [5.74, 6) is 0.262. The lowest BCUT2D eigenvalue weighted by atomic mass is 10.2. The summed E-state index contributed by atoms with van der Waals surface area (Å²) in [7, 11) is -3.01. The molecule has 1 aromatic carbocycles. The number of hydrogen-bond acceptors (Lipinski definition) is 5. The maximum absolute atomic E-state index is 12.2. The zero-order chi connectivity index (χ0) is 16.7. The third kappa shape index (κ3) is 2.62. The van der Waals surface area contributed by atoms with Crippen molar-refractivity contribution in [2.45, 2.75) is 19.0 Å². The van der Waals surface area contributed by atoms with Crippen molar-refractivity contribution in [2.75, 3.05) is 11.5 Å². The van der Waals surface area contributed by atoms with Gasteiger partial charge in [0.25, 0.3) is 0 Å². The fourth-order valence-electron chi connectivity index (χ4n) is 3.16. The van der Waals surface area contributed by atoms with Crippen molar-refractivity contribution in [3.8, 4) is 0 Å². The summed E-state index contributed by atoms with van der Waals surface area (Å²) >= 11 is 0. The Morgan fingerprint density at radius 2 is 1.92 bits per heavy atom.